The van der Waals surface area contributed by atoms with Gasteiger partial charge >= 0.3 is 0 Å². The normalized spacial score (nSPS) is 10.1. The van der Waals surface area contributed by atoms with E-state index in [1.807, 2.05) is 0 Å². The maximum atomic E-state index is 13.0. The van der Waals surface area contributed by atoms with E-state index < -0.39 is 17.4 Å². The van der Waals surface area contributed by atoms with E-state index in [4.69, 9.17) is 11.6 Å². The van der Waals surface area contributed by atoms with Crippen molar-refractivity contribution in [2.24, 2.45) is 0 Å². The van der Waals surface area contributed by atoms with Gasteiger partial charge in [-0.25, -0.2) is 8.78 Å². The number of carbonyl (C=O) groups is 1. The molecule has 1 nitrogen and oxygen atoms in total. The van der Waals surface area contributed by atoms with Gasteiger partial charge in [0.2, 0.25) is 0 Å². The molecule has 13 heavy (non-hydrogen) atoms. The quantitative estimate of drug-likeness (QED) is 0.406. The van der Waals surface area contributed by atoms with Gasteiger partial charge < -0.3 is 0 Å². The van der Waals surface area contributed by atoms with Gasteiger partial charge in [0.1, 0.15) is 19.5 Å². The first-order valence-electron chi connectivity index (χ1n) is 3.74. The van der Waals surface area contributed by atoms with Gasteiger partial charge in [0.25, 0.3) is 0 Å². The van der Waals surface area contributed by atoms with Crippen molar-refractivity contribution in [2.75, 3.05) is 0 Å². The first-order valence-corrected chi connectivity index (χ1v) is 4.11. The molecule has 0 unspecified atom stereocenters. The summed E-state index contributed by atoms with van der Waals surface area (Å²) in [6.45, 7) is 0. The monoisotopic (exact) mass is 202 g/mol. The summed E-state index contributed by atoms with van der Waals surface area (Å²) in [5.74, 6) is -1.99. The van der Waals surface area contributed by atoms with Gasteiger partial charge in [-0.1, -0.05) is 11.6 Å². The molecule has 0 bridgehead atoms. The Kier molecular flexibility index (Phi) is 3.04. The van der Waals surface area contributed by atoms with E-state index in [0.717, 1.165) is 12.1 Å². The Morgan fingerprint density at radius 1 is 1.38 bits per heavy atom. The van der Waals surface area contributed by atoms with Crippen LogP contribution in [0.25, 0.3) is 0 Å². The van der Waals surface area contributed by atoms with Crippen LogP contribution in [-0.4, -0.2) is 13.6 Å². The molecule has 0 aliphatic rings. The zero-order valence-electron chi connectivity index (χ0n) is 6.90. The average molecular weight is 202 g/mol. The highest BCUT2D eigenvalue weighted by atomic mass is 35.5. The number of Topliss-reactive ketones (excluding diaryl/α,β-unsaturated/α-hetero) is 1. The highest BCUT2D eigenvalue weighted by molar-refractivity contribution is 6.31. The lowest BCUT2D eigenvalue weighted by atomic mass is 9.95. The second-order valence-corrected chi connectivity index (χ2v) is 2.93. The molecular weight excluding hydrogens is 196 g/mol. The van der Waals surface area contributed by atoms with Crippen molar-refractivity contribution in [3.05, 3.63) is 34.4 Å². The van der Waals surface area contributed by atoms with Gasteiger partial charge in [0.05, 0.1) is 10.6 Å². The van der Waals surface area contributed by atoms with Crippen molar-refractivity contribution in [1.29, 1.82) is 0 Å². The summed E-state index contributed by atoms with van der Waals surface area (Å²) in [6, 6.07) is 1.63. The topological polar surface area (TPSA) is 17.1 Å². The number of hydrogen-bond donors (Lipinski definition) is 0. The highest BCUT2D eigenvalue weighted by Crippen LogP contribution is 2.20. The summed E-state index contributed by atoms with van der Waals surface area (Å²) in [7, 11) is 1.58. The van der Waals surface area contributed by atoms with Crippen LogP contribution in [0.4, 0.5) is 8.78 Å². The highest BCUT2D eigenvalue weighted by Gasteiger charge is 2.13. The zero-order valence-corrected chi connectivity index (χ0v) is 7.66. The predicted molar refractivity (Wildman–Crippen MR) is 49.0 cm³/mol. The summed E-state index contributed by atoms with van der Waals surface area (Å²) >= 11 is 5.31. The average Bonchev–Trinajstić information content (AvgIpc) is 2.10. The SMILES string of the molecule is BCC(=O)c1cc(F)c(Cl)cc1F. The third-order valence-electron chi connectivity index (χ3n) is 1.63. The lowest BCUT2D eigenvalue weighted by molar-refractivity contribution is 0.101. The third-order valence-corrected chi connectivity index (χ3v) is 1.92. The van der Waals surface area contributed by atoms with E-state index in [-0.39, 0.29) is 16.9 Å². The standard InChI is InChI=1S/C8H6BClF2O/c9-3-8(13)4-1-7(12)5(10)2-6(4)11/h1-2H,3,9H2. The Labute approximate surface area is 80.1 Å². The van der Waals surface area contributed by atoms with Gasteiger partial charge in [-0.2, -0.15) is 0 Å². The van der Waals surface area contributed by atoms with Crippen LogP contribution in [0, 0.1) is 11.6 Å². The number of hydrogen-bond acceptors (Lipinski definition) is 1. The zero-order chi connectivity index (χ0) is 10.0. The smallest absolute Gasteiger partial charge is 0.158 e. The minimum absolute atomic E-state index is 0.137. The minimum atomic E-state index is -0.779. The Morgan fingerprint density at radius 2 is 2.00 bits per heavy atom. The molecule has 0 aromatic heterocycles. The van der Waals surface area contributed by atoms with E-state index in [9.17, 15) is 13.6 Å². The maximum absolute atomic E-state index is 13.0. The molecule has 1 aromatic carbocycles. The van der Waals surface area contributed by atoms with Crippen molar-refractivity contribution in [1.82, 2.24) is 0 Å². The van der Waals surface area contributed by atoms with Crippen LogP contribution in [0.3, 0.4) is 0 Å². The van der Waals surface area contributed by atoms with Crippen molar-refractivity contribution in [3.8, 4) is 0 Å². The molecule has 0 radical (unpaired) electrons. The molecule has 0 atom stereocenters. The van der Waals surface area contributed by atoms with E-state index in [2.05, 4.69) is 0 Å². The van der Waals surface area contributed by atoms with Crippen molar-refractivity contribution in [2.45, 2.75) is 6.32 Å². The van der Waals surface area contributed by atoms with Crippen LogP contribution in [-0.2, 0) is 0 Å². The molecule has 1 aromatic rings. The molecule has 0 aliphatic carbocycles. The number of rotatable bonds is 2. The fraction of sp³-hybridized carbons (Fsp3) is 0.125. The Morgan fingerprint density at radius 3 is 2.54 bits per heavy atom. The molecule has 0 aliphatic heterocycles. The van der Waals surface area contributed by atoms with Gasteiger partial charge in [-0.15, -0.1) is 0 Å². The van der Waals surface area contributed by atoms with Crippen LogP contribution in [0.5, 0.6) is 0 Å². The van der Waals surface area contributed by atoms with Crippen LogP contribution >= 0.6 is 11.6 Å². The summed E-state index contributed by atoms with van der Waals surface area (Å²) in [6.07, 6.45) is 0.137. The fourth-order valence-corrected chi connectivity index (χ4v) is 1.08. The van der Waals surface area contributed by atoms with Crippen LogP contribution in [0.15, 0.2) is 12.1 Å². The molecule has 0 N–H and O–H groups in total. The van der Waals surface area contributed by atoms with E-state index in [1.54, 1.807) is 7.85 Å². The summed E-state index contributed by atoms with van der Waals surface area (Å²) in [5, 5.41) is -0.315. The Balaban J connectivity index is 3.23. The van der Waals surface area contributed by atoms with Crippen molar-refractivity contribution >= 4 is 25.2 Å². The van der Waals surface area contributed by atoms with Gasteiger partial charge in [-0.3, -0.25) is 4.79 Å². The van der Waals surface area contributed by atoms with Crippen molar-refractivity contribution in [3.63, 3.8) is 0 Å². The molecule has 0 saturated carbocycles. The van der Waals surface area contributed by atoms with E-state index in [0.29, 0.717) is 0 Å². The summed E-state index contributed by atoms with van der Waals surface area (Å²) in [5.41, 5.74) is -0.246. The fourth-order valence-electron chi connectivity index (χ4n) is 0.927. The maximum Gasteiger partial charge on any atom is 0.158 e. The number of benzene rings is 1. The van der Waals surface area contributed by atoms with Crippen LogP contribution in [0.1, 0.15) is 10.4 Å². The summed E-state index contributed by atoms with van der Waals surface area (Å²) in [4.78, 5) is 11.0. The van der Waals surface area contributed by atoms with Gasteiger partial charge in [0.15, 0.2) is 5.78 Å². The van der Waals surface area contributed by atoms with Crippen LogP contribution in [0.2, 0.25) is 11.3 Å². The Hall–Kier alpha value is -0.895. The molecule has 5 heteroatoms. The number of ketones is 1. The third kappa shape index (κ3) is 2.07. The van der Waals surface area contributed by atoms with Gasteiger partial charge in [-0.05, 0) is 18.5 Å². The second-order valence-electron chi connectivity index (χ2n) is 2.52. The predicted octanol–water partition coefficient (Wildman–Crippen LogP) is 1.85. The molecule has 0 amide bonds. The van der Waals surface area contributed by atoms with Gasteiger partial charge in [0, 0.05) is 0 Å². The lowest BCUT2D eigenvalue weighted by Gasteiger charge is -2.01. The molecule has 0 spiro atoms. The first-order chi connectivity index (χ1) is 6.06. The molecule has 0 fully saturated rings. The molecule has 0 saturated heterocycles. The number of halogens is 3. The Bertz CT molecular complexity index is 354. The molecular formula is C8H6BClF2O. The second kappa shape index (κ2) is 3.88. The largest absolute Gasteiger partial charge is 0.295 e. The number of carbonyl (C=O) groups excluding carboxylic acids is 1. The molecule has 68 valence electrons. The summed E-state index contributed by atoms with van der Waals surface area (Å²) < 4.78 is 25.8. The lowest BCUT2D eigenvalue weighted by Crippen LogP contribution is -2.02. The van der Waals surface area contributed by atoms with E-state index in [1.165, 1.54) is 0 Å². The van der Waals surface area contributed by atoms with E-state index >= 15 is 0 Å². The molecule has 1 rings (SSSR count). The first kappa shape index (κ1) is 10.2. The van der Waals surface area contributed by atoms with Crippen LogP contribution < -0.4 is 0 Å². The minimum Gasteiger partial charge on any atom is -0.295 e. The molecule has 0 heterocycles. The van der Waals surface area contributed by atoms with Crippen molar-refractivity contribution < 1.29 is 13.6 Å².